The van der Waals surface area contributed by atoms with Crippen LogP contribution in [0.15, 0.2) is 0 Å². The molecule has 1 rings (SSSR count). The minimum absolute atomic E-state index is 0.0495. The van der Waals surface area contributed by atoms with Gasteiger partial charge >= 0.3 is 0 Å². The number of hydrogen-bond acceptors (Lipinski definition) is 4. The fourth-order valence-electron chi connectivity index (χ4n) is 1.48. The van der Waals surface area contributed by atoms with Gasteiger partial charge in [-0.25, -0.2) is 10.2 Å². The smallest absolute Gasteiger partial charge is 0.0237 e. The Hall–Kier alpha value is -0.200. The van der Waals surface area contributed by atoms with Gasteiger partial charge in [-0.1, -0.05) is 19.3 Å². The predicted molar refractivity (Wildman–Crippen MR) is 45.2 cm³/mol. The van der Waals surface area contributed by atoms with Gasteiger partial charge in [0.15, 0.2) is 0 Å². The summed E-state index contributed by atoms with van der Waals surface area (Å²) in [4.78, 5) is 4.57. The Bertz CT molecular complexity index is 126. The highest BCUT2D eigenvalue weighted by Crippen LogP contribution is 2.22. The summed E-state index contributed by atoms with van der Waals surface area (Å²) in [5.74, 6) is 6.90. The van der Waals surface area contributed by atoms with Gasteiger partial charge in [-0.2, -0.15) is 0 Å². The molecule has 12 heavy (non-hydrogen) atoms. The van der Waals surface area contributed by atoms with Crippen LogP contribution in [-0.4, -0.2) is 23.5 Å². The fourth-order valence-corrected chi connectivity index (χ4v) is 1.48. The summed E-state index contributed by atoms with van der Waals surface area (Å²) in [5.41, 5.74) is 0. The SMILES string of the molecule is CN([NH-])ON([O-])C1CCCCC1. The molecule has 5 nitrogen and oxygen atoms in total. The Balaban J connectivity index is 2.24. The van der Waals surface area contributed by atoms with Crippen LogP contribution < -0.4 is 0 Å². The van der Waals surface area contributed by atoms with E-state index in [0.29, 0.717) is 10.4 Å². The van der Waals surface area contributed by atoms with Crippen molar-refractivity contribution in [2.24, 2.45) is 0 Å². The zero-order valence-electron chi connectivity index (χ0n) is 7.32. The van der Waals surface area contributed by atoms with Crippen molar-refractivity contribution >= 4 is 0 Å². The van der Waals surface area contributed by atoms with E-state index in [9.17, 15) is 5.21 Å². The molecular weight excluding hydrogens is 158 g/mol. The second kappa shape index (κ2) is 4.74. The molecule has 0 aliphatic heterocycles. The molecule has 1 saturated carbocycles. The highest BCUT2D eigenvalue weighted by molar-refractivity contribution is 4.71. The van der Waals surface area contributed by atoms with E-state index in [0.717, 1.165) is 25.7 Å². The Morgan fingerprint density at radius 3 is 2.42 bits per heavy atom. The van der Waals surface area contributed by atoms with E-state index in [1.54, 1.807) is 0 Å². The first-order valence-corrected chi connectivity index (χ1v) is 4.29. The number of hydroxylamine groups is 3. The third-order valence-corrected chi connectivity index (χ3v) is 2.08. The van der Waals surface area contributed by atoms with Gasteiger partial charge in [0, 0.05) is 6.04 Å². The normalized spacial score (nSPS) is 20.8. The Morgan fingerprint density at radius 2 is 1.92 bits per heavy atom. The summed E-state index contributed by atoms with van der Waals surface area (Å²) < 4.78 is 0. The molecule has 0 aromatic heterocycles. The summed E-state index contributed by atoms with van der Waals surface area (Å²) >= 11 is 0. The Labute approximate surface area is 72.5 Å². The molecule has 0 heterocycles. The van der Waals surface area contributed by atoms with E-state index in [2.05, 4.69) is 4.94 Å². The lowest BCUT2D eigenvalue weighted by molar-refractivity contribution is -0.288. The molecular formula is C7H15N3O2-2. The van der Waals surface area contributed by atoms with Crippen LogP contribution >= 0.6 is 0 Å². The van der Waals surface area contributed by atoms with Crippen LogP contribution in [0.1, 0.15) is 32.1 Å². The molecule has 72 valence electrons. The topological polar surface area (TPSA) is 62.6 Å². The number of rotatable bonds is 3. The average molecular weight is 173 g/mol. The molecule has 0 amide bonds. The Kier molecular flexibility index (Phi) is 3.90. The lowest BCUT2D eigenvalue weighted by Gasteiger charge is -2.40. The lowest BCUT2D eigenvalue weighted by atomic mass is 9.96. The van der Waals surface area contributed by atoms with Crippen molar-refractivity contribution < 1.29 is 4.94 Å². The first kappa shape index (κ1) is 9.88. The van der Waals surface area contributed by atoms with Crippen molar-refractivity contribution in [2.75, 3.05) is 7.05 Å². The summed E-state index contributed by atoms with van der Waals surface area (Å²) in [6.07, 6.45) is 5.17. The number of hydrogen-bond donors (Lipinski definition) is 0. The third-order valence-electron chi connectivity index (χ3n) is 2.08. The summed E-state index contributed by atoms with van der Waals surface area (Å²) in [5, 5.41) is 12.4. The van der Waals surface area contributed by atoms with Gasteiger partial charge in [0.25, 0.3) is 0 Å². The highest BCUT2D eigenvalue weighted by atomic mass is 17.0. The maximum absolute atomic E-state index is 11.1. The van der Waals surface area contributed by atoms with Crippen LogP contribution in [0.3, 0.4) is 0 Å². The maximum Gasteiger partial charge on any atom is 0.0237 e. The predicted octanol–water partition coefficient (Wildman–Crippen LogP) is 1.86. The van der Waals surface area contributed by atoms with E-state index in [1.807, 2.05) is 0 Å². The molecule has 1 aliphatic carbocycles. The van der Waals surface area contributed by atoms with E-state index in [-0.39, 0.29) is 6.04 Å². The quantitative estimate of drug-likeness (QED) is 0.611. The molecule has 0 bridgehead atoms. The van der Waals surface area contributed by atoms with E-state index < -0.39 is 0 Å². The van der Waals surface area contributed by atoms with Gasteiger partial charge in [-0.3, -0.25) is 5.17 Å². The van der Waals surface area contributed by atoms with Gasteiger partial charge in [-0.05, 0) is 19.9 Å². The molecule has 5 heteroatoms. The molecule has 0 spiro atoms. The first-order chi connectivity index (χ1) is 5.70. The van der Waals surface area contributed by atoms with Crippen LogP contribution in [0, 0.1) is 5.21 Å². The van der Waals surface area contributed by atoms with Crippen molar-refractivity contribution in [2.45, 2.75) is 38.1 Å². The average Bonchev–Trinajstić information content (AvgIpc) is 2.05. The third kappa shape index (κ3) is 3.04. The standard InChI is InChI=1S/C7H15N3O2/c1-9(8)12-10(11)7-5-3-2-4-6-7/h7-8H,2-6H2,1H3/q-2. The minimum atomic E-state index is -0.0495. The zero-order valence-corrected chi connectivity index (χ0v) is 7.32. The van der Waals surface area contributed by atoms with Crippen LogP contribution in [0.4, 0.5) is 0 Å². The monoisotopic (exact) mass is 173 g/mol. The van der Waals surface area contributed by atoms with Gasteiger partial charge in [0.2, 0.25) is 0 Å². The molecule has 0 aromatic carbocycles. The molecule has 0 unspecified atom stereocenters. The zero-order chi connectivity index (χ0) is 8.97. The molecule has 0 radical (unpaired) electrons. The van der Waals surface area contributed by atoms with Crippen molar-refractivity contribution in [1.82, 2.24) is 10.4 Å². The molecule has 0 atom stereocenters. The van der Waals surface area contributed by atoms with Crippen molar-refractivity contribution in [3.63, 3.8) is 0 Å². The van der Waals surface area contributed by atoms with Crippen LogP contribution in [0.5, 0.6) is 0 Å². The van der Waals surface area contributed by atoms with E-state index in [4.69, 9.17) is 5.84 Å². The van der Waals surface area contributed by atoms with Gasteiger partial charge < -0.3 is 11.0 Å². The van der Waals surface area contributed by atoms with Crippen LogP contribution in [-0.2, 0) is 4.94 Å². The second-order valence-electron chi connectivity index (χ2n) is 3.16. The van der Waals surface area contributed by atoms with Crippen LogP contribution in [0.2, 0.25) is 0 Å². The first-order valence-electron chi connectivity index (χ1n) is 4.29. The largest absolute Gasteiger partial charge is 0.761 e. The maximum atomic E-state index is 11.1. The second-order valence-corrected chi connectivity index (χ2v) is 3.16. The lowest BCUT2D eigenvalue weighted by Crippen LogP contribution is -2.35. The van der Waals surface area contributed by atoms with Crippen LogP contribution in [0.25, 0.3) is 5.84 Å². The Morgan fingerprint density at radius 1 is 1.33 bits per heavy atom. The summed E-state index contributed by atoms with van der Waals surface area (Å²) in [7, 11) is 1.38. The highest BCUT2D eigenvalue weighted by Gasteiger charge is 2.15. The van der Waals surface area contributed by atoms with Crippen molar-refractivity contribution in [3.8, 4) is 0 Å². The fraction of sp³-hybridized carbons (Fsp3) is 1.00. The summed E-state index contributed by atoms with van der Waals surface area (Å²) in [6.45, 7) is 0. The van der Waals surface area contributed by atoms with E-state index >= 15 is 0 Å². The van der Waals surface area contributed by atoms with Gasteiger partial charge in [0.05, 0.1) is 0 Å². The number of nitrogens with zero attached hydrogens (tertiary/aromatic N) is 2. The van der Waals surface area contributed by atoms with Gasteiger partial charge in [0.1, 0.15) is 0 Å². The molecule has 1 N–H and O–H groups in total. The molecule has 1 aliphatic rings. The van der Waals surface area contributed by atoms with E-state index in [1.165, 1.54) is 13.5 Å². The number of nitrogens with one attached hydrogen (secondary N) is 1. The van der Waals surface area contributed by atoms with Crippen molar-refractivity contribution in [3.05, 3.63) is 11.0 Å². The molecule has 0 aromatic rings. The van der Waals surface area contributed by atoms with Gasteiger partial charge in [-0.15, -0.1) is 0 Å². The molecule has 1 fully saturated rings. The minimum Gasteiger partial charge on any atom is -0.761 e. The summed E-state index contributed by atoms with van der Waals surface area (Å²) in [6, 6.07) is -0.0495. The molecule has 0 saturated heterocycles. The van der Waals surface area contributed by atoms with Crippen molar-refractivity contribution in [1.29, 1.82) is 0 Å².